The third-order valence-electron chi connectivity index (χ3n) is 4.55. The number of carbonyl (C=O) groups excluding carboxylic acids is 1. The highest BCUT2D eigenvalue weighted by atomic mass is 32.2. The average molecular weight is 309 g/mol. The summed E-state index contributed by atoms with van der Waals surface area (Å²) in [5, 5.41) is 3.02. The first-order valence-electron chi connectivity index (χ1n) is 7.40. The molecule has 0 heterocycles. The van der Waals surface area contributed by atoms with E-state index in [4.69, 9.17) is 0 Å². The van der Waals surface area contributed by atoms with E-state index in [1.165, 1.54) is 12.5 Å². The normalized spacial score (nSPS) is 26.3. The van der Waals surface area contributed by atoms with Gasteiger partial charge in [0.2, 0.25) is 0 Å². The Bertz CT molecular complexity index is 624. The van der Waals surface area contributed by atoms with E-state index in [1.807, 2.05) is 0 Å². The van der Waals surface area contributed by atoms with Crippen LogP contribution < -0.4 is 5.32 Å². The summed E-state index contributed by atoms with van der Waals surface area (Å²) in [4.78, 5) is 12.6. The zero-order chi connectivity index (χ0) is 15.6. The molecule has 1 fully saturated rings. The van der Waals surface area contributed by atoms with Gasteiger partial charge in [0.05, 0.1) is 10.5 Å². The summed E-state index contributed by atoms with van der Waals surface area (Å²) in [5.41, 5.74) is 0.241. The molecule has 4 nitrogen and oxygen atoms in total. The van der Waals surface area contributed by atoms with Crippen molar-refractivity contribution in [1.82, 2.24) is 5.32 Å². The lowest BCUT2D eigenvalue weighted by molar-refractivity contribution is 0.0887. The Labute approximate surface area is 126 Å². The van der Waals surface area contributed by atoms with Crippen molar-refractivity contribution in [1.29, 1.82) is 0 Å². The van der Waals surface area contributed by atoms with Crippen molar-refractivity contribution in [3.63, 3.8) is 0 Å². The molecule has 0 aromatic heterocycles. The van der Waals surface area contributed by atoms with Gasteiger partial charge in [0.1, 0.15) is 0 Å². The third-order valence-corrected chi connectivity index (χ3v) is 5.71. The van der Waals surface area contributed by atoms with Crippen LogP contribution in [0.25, 0.3) is 0 Å². The fourth-order valence-electron chi connectivity index (χ4n) is 3.01. The maximum Gasteiger partial charge on any atom is 0.252 e. The van der Waals surface area contributed by atoms with E-state index in [2.05, 4.69) is 19.2 Å². The predicted molar refractivity (Wildman–Crippen MR) is 83.0 cm³/mol. The van der Waals surface area contributed by atoms with E-state index < -0.39 is 9.84 Å². The van der Waals surface area contributed by atoms with Gasteiger partial charge in [-0.1, -0.05) is 38.8 Å². The highest BCUT2D eigenvalue weighted by Gasteiger charge is 2.29. The molecule has 116 valence electrons. The first kappa shape index (κ1) is 16.0. The van der Waals surface area contributed by atoms with Gasteiger partial charge in [-0.2, -0.15) is 0 Å². The molecular formula is C16H23NO3S. The van der Waals surface area contributed by atoms with E-state index in [0.717, 1.165) is 19.1 Å². The van der Waals surface area contributed by atoms with Gasteiger partial charge in [-0.3, -0.25) is 4.79 Å². The second-order valence-corrected chi connectivity index (χ2v) is 8.10. The van der Waals surface area contributed by atoms with Crippen molar-refractivity contribution in [3.8, 4) is 0 Å². The minimum Gasteiger partial charge on any atom is -0.349 e. The maximum atomic E-state index is 12.5. The average Bonchev–Trinajstić information content (AvgIpc) is 2.43. The van der Waals surface area contributed by atoms with Crippen LogP contribution in [-0.4, -0.2) is 26.6 Å². The van der Waals surface area contributed by atoms with Crippen LogP contribution >= 0.6 is 0 Å². The van der Waals surface area contributed by atoms with E-state index >= 15 is 0 Å². The molecule has 0 bridgehead atoms. The molecule has 2 rings (SSSR count). The van der Waals surface area contributed by atoms with Crippen LogP contribution in [0.15, 0.2) is 29.2 Å². The SMILES string of the molecule is CC1CCCC(NC(=O)c2ccccc2S(C)(=O)=O)C1C. The smallest absolute Gasteiger partial charge is 0.252 e. The summed E-state index contributed by atoms with van der Waals surface area (Å²) >= 11 is 0. The highest BCUT2D eigenvalue weighted by Crippen LogP contribution is 2.29. The van der Waals surface area contributed by atoms with Crippen LogP contribution in [-0.2, 0) is 9.84 Å². The molecule has 1 saturated carbocycles. The zero-order valence-electron chi connectivity index (χ0n) is 12.8. The summed E-state index contributed by atoms with van der Waals surface area (Å²) in [6, 6.07) is 6.50. The van der Waals surface area contributed by atoms with Crippen LogP contribution in [0.2, 0.25) is 0 Å². The minimum absolute atomic E-state index is 0.0963. The summed E-state index contributed by atoms with van der Waals surface area (Å²) in [5.74, 6) is 0.698. The van der Waals surface area contributed by atoms with Crippen molar-refractivity contribution < 1.29 is 13.2 Å². The second-order valence-electron chi connectivity index (χ2n) is 6.12. The number of amides is 1. The zero-order valence-corrected chi connectivity index (χ0v) is 13.6. The molecular weight excluding hydrogens is 286 g/mol. The van der Waals surface area contributed by atoms with Crippen molar-refractivity contribution >= 4 is 15.7 Å². The van der Waals surface area contributed by atoms with Gasteiger partial charge < -0.3 is 5.32 Å². The lowest BCUT2D eigenvalue weighted by Crippen LogP contribution is -2.44. The molecule has 21 heavy (non-hydrogen) atoms. The molecule has 1 aromatic rings. The monoisotopic (exact) mass is 309 g/mol. The van der Waals surface area contributed by atoms with Crippen LogP contribution in [0.3, 0.4) is 0 Å². The van der Waals surface area contributed by atoms with Crippen LogP contribution in [0.5, 0.6) is 0 Å². The molecule has 0 aliphatic heterocycles. The topological polar surface area (TPSA) is 63.2 Å². The lowest BCUT2D eigenvalue weighted by atomic mass is 9.78. The molecule has 1 aromatic carbocycles. The van der Waals surface area contributed by atoms with E-state index in [-0.39, 0.29) is 22.4 Å². The predicted octanol–water partition coefficient (Wildman–Crippen LogP) is 2.64. The lowest BCUT2D eigenvalue weighted by Gasteiger charge is -2.34. The van der Waals surface area contributed by atoms with Crippen molar-refractivity contribution in [2.75, 3.05) is 6.26 Å². The molecule has 3 atom stereocenters. The van der Waals surface area contributed by atoms with Gasteiger partial charge in [0.15, 0.2) is 9.84 Å². The highest BCUT2D eigenvalue weighted by molar-refractivity contribution is 7.90. The quantitative estimate of drug-likeness (QED) is 0.933. The van der Waals surface area contributed by atoms with Crippen molar-refractivity contribution in [2.24, 2.45) is 11.8 Å². The van der Waals surface area contributed by atoms with Gasteiger partial charge in [0, 0.05) is 12.3 Å². The Morgan fingerprint density at radius 1 is 1.19 bits per heavy atom. The molecule has 3 unspecified atom stereocenters. The number of carbonyl (C=O) groups is 1. The number of benzene rings is 1. The summed E-state index contributed by atoms with van der Waals surface area (Å²) in [6.07, 6.45) is 4.38. The Morgan fingerprint density at radius 3 is 2.52 bits per heavy atom. The molecule has 0 spiro atoms. The number of sulfone groups is 1. The molecule has 0 radical (unpaired) electrons. The van der Waals surface area contributed by atoms with Crippen molar-refractivity contribution in [3.05, 3.63) is 29.8 Å². The van der Waals surface area contributed by atoms with E-state index in [1.54, 1.807) is 18.2 Å². The number of hydrogen-bond acceptors (Lipinski definition) is 3. The third kappa shape index (κ3) is 3.64. The van der Waals surface area contributed by atoms with Gasteiger partial charge in [-0.05, 0) is 30.4 Å². The Balaban J connectivity index is 2.22. The van der Waals surface area contributed by atoms with E-state index in [9.17, 15) is 13.2 Å². The molecule has 1 N–H and O–H groups in total. The van der Waals surface area contributed by atoms with Crippen LogP contribution in [0.1, 0.15) is 43.5 Å². The van der Waals surface area contributed by atoms with Crippen molar-refractivity contribution in [2.45, 2.75) is 44.0 Å². The molecule has 1 aliphatic rings. The summed E-state index contributed by atoms with van der Waals surface area (Å²) in [6.45, 7) is 4.35. The molecule has 5 heteroatoms. The summed E-state index contributed by atoms with van der Waals surface area (Å²) in [7, 11) is -3.40. The maximum absolute atomic E-state index is 12.5. The molecule has 1 aliphatic carbocycles. The van der Waals surface area contributed by atoms with E-state index in [0.29, 0.717) is 11.8 Å². The fraction of sp³-hybridized carbons (Fsp3) is 0.562. The second kappa shape index (κ2) is 6.18. The van der Waals surface area contributed by atoms with Gasteiger partial charge >= 0.3 is 0 Å². The number of rotatable bonds is 3. The first-order valence-corrected chi connectivity index (χ1v) is 9.30. The van der Waals surface area contributed by atoms with Crippen LogP contribution in [0, 0.1) is 11.8 Å². The Kier molecular flexibility index (Phi) is 4.71. The first-order chi connectivity index (χ1) is 9.80. The Hall–Kier alpha value is -1.36. The van der Waals surface area contributed by atoms with Gasteiger partial charge in [-0.15, -0.1) is 0 Å². The fourth-order valence-corrected chi connectivity index (χ4v) is 3.90. The molecule has 1 amide bonds. The Morgan fingerprint density at radius 2 is 1.86 bits per heavy atom. The molecule has 0 saturated heterocycles. The van der Waals surface area contributed by atoms with Gasteiger partial charge in [-0.25, -0.2) is 8.42 Å². The largest absolute Gasteiger partial charge is 0.349 e. The standard InChI is InChI=1S/C16H23NO3S/c1-11-7-6-9-14(12(11)2)17-16(18)13-8-4-5-10-15(13)21(3,19)20/h4-5,8,10-12,14H,6-7,9H2,1-3H3,(H,17,18). The number of nitrogens with one attached hydrogen (secondary N) is 1. The number of hydrogen-bond donors (Lipinski definition) is 1. The van der Waals surface area contributed by atoms with Gasteiger partial charge in [0.25, 0.3) is 5.91 Å². The minimum atomic E-state index is -3.40. The summed E-state index contributed by atoms with van der Waals surface area (Å²) < 4.78 is 23.6. The van der Waals surface area contributed by atoms with Crippen LogP contribution in [0.4, 0.5) is 0 Å².